The van der Waals surface area contributed by atoms with Gasteiger partial charge in [-0.1, -0.05) is 35.9 Å². The molecule has 1 aliphatic rings. The highest BCUT2D eigenvalue weighted by molar-refractivity contribution is 5.98. The first-order chi connectivity index (χ1) is 12.4. The summed E-state index contributed by atoms with van der Waals surface area (Å²) in [5, 5.41) is 22.4. The van der Waals surface area contributed by atoms with E-state index in [1.165, 1.54) is 17.0 Å². The number of hydrogen-bond acceptors (Lipinski definition) is 4. The Bertz CT molecular complexity index is 804. The van der Waals surface area contributed by atoms with Crippen LogP contribution in [0.3, 0.4) is 0 Å². The zero-order chi connectivity index (χ0) is 18.7. The second-order valence-corrected chi connectivity index (χ2v) is 6.62. The van der Waals surface area contributed by atoms with Crippen LogP contribution < -0.4 is 5.32 Å². The topological polar surface area (TPSA) is 89.9 Å². The van der Waals surface area contributed by atoms with E-state index in [1.807, 2.05) is 31.2 Å². The lowest BCUT2D eigenvalue weighted by atomic mass is 10.1. The molecule has 26 heavy (non-hydrogen) atoms. The summed E-state index contributed by atoms with van der Waals surface area (Å²) >= 11 is 0. The fourth-order valence-electron chi connectivity index (χ4n) is 3.10. The van der Waals surface area contributed by atoms with Crippen molar-refractivity contribution in [3.05, 3.63) is 65.2 Å². The Balaban J connectivity index is 1.69. The van der Waals surface area contributed by atoms with E-state index < -0.39 is 12.1 Å². The van der Waals surface area contributed by atoms with Gasteiger partial charge in [0.2, 0.25) is 5.91 Å². The van der Waals surface area contributed by atoms with Gasteiger partial charge in [0.05, 0.1) is 6.10 Å². The largest absolute Gasteiger partial charge is 0.508 e. The first-order valence-corrected chi connectivity index (χ1v) is 8.55. The molecule has 0 bridgehead atoms. The number of aryl methyl sites for hydroxylation is 1. The molecule has 2 aromatic carbocycles. The van der Waals surface area contributed by atoms with Gasteiger partial charge in [0.1, 0.15) is 11.8 Å². The van der Waals surface area contributed by atoms with E-state index in [9.17, 15) is 19.8 Å². The van der Waals surface area contributed by atoms with E-state index in [4.69, 9.17) is 0 Å². The van der Waals surface area contributed by atoms with Gasteiger partial charge in [-0.3, -0.25) is 9.59 Å². The minimum Gasteiger partial charge on any atom is -0.508 e. The Kier molecular flexibility index (Phi) is 5.23. The fraction of sp³-hybridized carbons (Fsp3) is 0.300. The van der Waals surface area contributed by atoms with Crippen molar-refractivity contribution >= 4 is 11.8 Å². The van der Waals surface area contributed by atoms with E-state index in [2.05, 4.69) is 5.32 Å². The second-order valence-electron chi connectivity index (χ2n) is 6.62. The summed E-state index contributed by atoms with van der Waals surface area (Å²) in [7, 11) is 0. The molecule has 1 fully saturated rings. The Morgan fingerprint density at radius 1 is 1.19 bits per heavy atom. The highest BCUT2D eigenvalue weighted by Gasteiger charge is 2.39. The average Bonchev–Trinajstić information content (AvgIpc) is 3.02. The summed E-state index contributed by atoms with van der Waals surface area (Å²) in [4.78, 5) is 26.6. The molecular formula is C20H22N2O4. The van der Waals surface area contributed by atoms with Crippen LogP contribution in [0.5, 0.6) is 5.75 Å². The molecule has 0 spiro atoms. The number of β-amino-alcohol motifs (C(OH)–C–C–N with tert-alkyl or cyclic N) is 1. The third-order valence-electron chi connectivity index (χ3n) is 4.52. The maximum absolute atomic E-state index is 12.7. The summed E-state index contributed by atoms with van der Waals surface area (Å²) in [5.74, 6) is -0.695. The summed E-state index contributed by atoms with van der Waals surface area (Å²) in [6.07, 6.45) is -0.545. The molecule has 2 amide bonds. The summed E-state index contributed by atoms with van der Waals surface area (Å²) < 4.78 is 0. The molecule has 1 saturated heterocycles. The summed E-state index contributed by atoms with van der Waals surface area (Å²) in [6.45, 7) is 2.45. The molecule has 0 aliphatic carbocycles. The number of nitrogens with one attached hydrogen (secondary N) is 1. The van der Waals surface area contributed by atoms with Crippen molar-refractivity contribution in [3.63, 3.8) is 0 Å². The van der Waals surface area contributed by atoms with Crippen LogP contribution in [0.1, 0.15) is 27.9 Å². The van der Waals surface area contributed by atoms with Crippen LogP contribution in [-0.2, 0) is 11.3 Å². The highest BCUT2D eigenvalue weighted by Crippen LogP contribution is 2.22. The molecule has 1 aliphatic heterocycles. The van der Waals surface area contributed by atoms with Crippen LogP contribution in [0.15, 0.2) is 48.5 Å². The van der Waals surface area contributed by atoms with E-state index in [-0.39, 0.29) is 36.1 Å². The molecule has 1 heterocycles. The van der Waals surface area contributed by atoms with Gasteiger partial charge in [0.25, 0.3) is 5.91 Å². The predicted octanol–water partition coefficient (Wildman–Crippen LogP) is 1.59. The van der Waals surface area contributed by atoms with Gasteiger partial charge in [-0.25, -0.2) is 0 Å². The lowest BCUT2D eigenvalue weighted by Gasteiger charge is -2.24. The van der Waals surface area contributed by atoms with Crippen molar-refractivity contribution in [2.24, 2.45) is 0 Å². The molecule has 6 heteroatoms. The molecule has 0 aromatic heterocycles. The van der Waals surface area contributed by atoms with Gasteiger partial charge < -0.3 is 20.4 Å². The highest BCUT2D eigenvalue weighted by atomic mass is 16.3. The van der Waals surface area contributed by atoms with Crippen molar-refractivity contribution in [2.45, 2.75) is 32.0 Å². The zero-order valence-corrected chi connectivity index (χ0v) is 14.6. The number of phenolic OH excluding ortho intramolecular Hbond substituents is 1. The lowest BCUT2D eigenvalue weighted by Crippen LogP contribution is -2.45. The minimum absolute atomic E-state index is 0.0176. The smallest absolute Gasteiger partial charge is 0.254 e. The van der Waals surface area contributed by atoms with Crippen molar-refractivity contribution in [2.75, 3.05) is 6.54 Å². The van der Waals surface area contributed by atoms with Crippen LogP contribution in [-0.4, -0.2) is 45.6 Å². The quantitative estimate of drug-likeness (QED) is 0.778. The molecule has 3 rings (SSSR count). The third kappa shape index (κ3) is 4.03. The molecule has 3 N–H and O–H groups in total. The first kappa shape index (κ1) is 17.9. The molecule has 0 saturated carbocycles. The van der Waals surface area contributed by atoms with Crippen LogP contribution in [0.2, 0.25) is 0 Å². The number of phenols is 1. The fourth-order valence-corrected chi connectivity index (χ4v) is 3.10. The second kappa shape index (κ2) is 7.58. The van der Waals surface area contributed by atoms with Gasteiger partial charge in [0, 0.05) is 25.1 Å². The zero-order valence-electron chi connectivity index (χ0n) is 14.6. The summed E-state index contributed by atoms with van der Waals surface area (Å²) in [6, 6.07) is 13.1. The minimum atomic E-state index is -0.744. The number of carbonyl (C=O) groups excluding carboxylic acids is 2. The number of hydrogen-bond donors (Lipinski definition) is 3. The number of amides is 2. The van der Waals surface area contributed by atoms with Crippen molar-refractivity contribution < 1.29 is 19.8 Å². The number of nitrogens with zero attached hydrogens (tertiary/aromatic N) is 1. The van der Waals surface area contributed by atoms with Gasteiger partial charge in [-0.15, -0.1) is 0 Å². The van der Waals surface area contributed by atoms with Gasteiger partial charge in [-0.05, 0) is 30.7 Å². The van der Waals surface area contributed by atoms with Gasteiger partial charge in [-0.2, -0.15) is 0 Å². The van der Waals surface area contributed by atoms with Gasteiger partial charge >= 0.3 is 0 Å². The Morgan fingerprint density at radius 3 is 2.62 bits per heavy atom. The predicted molar refractivity (Wildman–Crippen MR) is 96.6 cm³/mol. The van der Waals surface area contributed by atoms with E-state index >= 15 is 0 Å². The maximum atomic E-state index is 12.7. The van der Waals surface area contributed by atoms with Crippen molar-refractivity contribution in [3.8, 4) is 5.75 Å². The molecule has 2 atom stereocenters. The number of benzene rings is 2. The molecule has 136 valence electrons. The van der Waals surface area contributed by atoms with Crippen LogP contribution >= 0.6 is 0 Å². The lowest BCUT2D eigenvalue weighted by molar-refractivity contribution is -0.125. The molecule has 2 aromatic rings. The number of likely N-dealkylation sites (tertiary alicyclic amines) is 1. The van der Waals surface area contributed by atoms with E-state index in [0.717, 1.165) is 11.1 Å². The molecule has 0 radical (unpaired) electrons. The standard InChI is InChI=1S/C20H22N2O4/c1-13-5-7-14(8-6-13)11-21-19(25)18-10-17(24)12-22(18)20(26)15-3-2-4-16(23)9-15/h2-9,17-18,23-24H,10-12H2,1H3,(H,21,25)/t17-,18+/m1/s1. The SMILES string of the molecule is Cc1ccc(CNC(=O)[C@@H]2C[C@@H](O)CN2C(=O)c2cccc(O)c2)cc1. The number of carbonyl (C=O) groups is 2. The maximum Gasteiger partial charge on any atom is 0.254 e. The normalized spacial score (nSPS) is 19.4. The number of aromatic hydroxyl groups is 1. The average molecular weight is 354 g/mol. The Hall–Kier alpha value is -2.86. The van der Waals surface area contributed by atoms with Crippen LogP contribution in [0.25, 0.3) is 0 Å². The molecule has 6 nitrogen and oxygen atoms in total. The van der Waals surface area contributed by atoms with Crippen LogP contribution in [0.4, 0.5) is 0 Å². The molecule has 0 unspecified atom stereocenters. The first-order valence-electron chi connectivity index (χ1n) is 8.55. The Morgan fingerprint density at radius 2 is 1.92 bits per heavy atom. The van der Waals surface area contributed by atoms with Crippen molar-refractivity contribution in [1.82, 2.24) is 10.2 Å². The molecular weight excluding hydrogens is 332 g/mol. The number of aliphatic hydroxyl groups is 1. The number of aliphatic hydroxyl groups excluding tert-OH is 1. The van der Waals surface area contributed by atoms with E-state index in [1.54, 1.807) is 12.1 Å². The van der Waals surface area contributed by atoms with E-state index in [0.29, 0.717) is 6.54 Å². The Labute approximate surface area is 152 Å². The van der Waals surface area contributed by atoms with Crippen molar-refractivity contribution in [1.29, 1.82) is 0 Å². The van der Waals surface area contributed by atoms with Gasteiger partial charge in [0.15, 0.2) is 0 Å². The summed E-state index contributed by atoms with van der Waals surface area (Å²) in [5.41, 5.74) is 2.39. The monoisotopic (exact) mass is 354 g/mol. The number of rotatable bonds is 4. The third-order valence-corrected chi connectivity index (χ3v) is 4.52. The van der Waals surface area contributed by atoms with Crippen LogP contribution in [0, 0.1) is 6.92 Å².